The van der Waals surface area contributed by atoms with Crippen molar-refractivity contribution in [1.29, 1.82) is 0 Å². The van der Waals surface area contributed by atoms with E-state index in [2.05, 4.69) is 4.90 Å². The van der Waals surface area contributed by atoms with Gasteiger partial charge in [0.05, 0.1) is 6.42 Å². The van der Waals surface area contributed by atoms with Crippen LogP contribution in [0.15, 0.2) is 0 Å². The Hall–Kier alpha value is -0.570. The molecule has 3 nitrogen and oxygen atoms in total. The SMILES string of the molecule is CC(C)(C)OC(=O)CCN(CC1CC1)C1CC1. The maximum absolute atomic E-state index is 11.7. The summed E-state index contributed by atoms with van der Waals surface area (Å²) in [4.78, 5) is 14.2. The molecular formula is C14H25NO2. The van der Waals surface area contributed by atoms with Crippen molar-refractivity contribution in [3.05, 3.63) is 0 Å². The molecule has 0 aliphatic heterocycles. The van der Waals surface area contributed by atoms with Gasteiger partial charge in [0, 0.05) is 19.1 Å². The van der Waals surface area contributed by atoms with Gasteiger partial charge in [-0.3, -0.25) is 9.69 Å². The number of carbonyl (C=O) groups is 1. The van der Waals surface area contributed by atoms with Gasteiger partial charge in [-0.15, -0.1) is 0 Å². The van der Waals surface area contributed by atoms with E-state index < -0.39 is 0 Å². The van der Waals surface area contributed by atoms with Gasteiger partial charge < -0.3 is 4.74 Å². The van der Waals surface area contributed by atoms with Crippen molar-refractivity contribution >= 4 is 5.97 Å². The highest BCUT2D eigenvalue weighted by atomic mass is 16.6. The van der Waals surface area contributed by atoms with Crippen LogP contribution >= 0.6 is 0 Å². The summed E-state index contributed by atoms with van der Waals surface area (Å²) in [6.45, 7) is 7.86. The Bertz CT molecular complexity index is 274. The van der Waals surface area contributed by atoms with E-state index in [0.29, 0.717) is 6.42 Å². The average Bonchev–Trinajstić information content (AvgIpc) is 3.00. The summed E-state index contributed by atoms with van der Waals surface area (Å²) in [6, 6.07) is 0.762. The Labute approximate surface area is 105 Å². The van der Waals surface area contributed by atoms with Gasteiger partial charge in [0.2, 0.25) is 0 Å². The Morgan fingerprint density at radius 1 is 1.24 bits per heavy atom. The van der Waals surface area contributed by atoms with Crippen molar-refractivity contribution in [3.63, 3.8) is 0 Å². The van der Waals surface area contributed by atoms with Crippen LogP contribution in [-0.2, 0) is 9.53 Å². The molecule has 2 fully saturated rings. The van der Waals surface area contributed by atoms with E-state index in [1.165, 1.54) is 32.2 Å². The molecule has 2 saturated carbocycles. The lowest BCUT2D eigenvalue weighted by molar-refractivity contribution is -0.155. The molecule has 2 aliphatic rings. The molecule has 0 heterocycles. The molecule has 0 aromatic heterocycles. The Morgan fingerprint density at radius 2 is 1.88 bits per heavy atom. The lowest BCUT2D eigenvalue weighted by Gasteiger charge is -2.23. The topological polar surface area (TPSA) is 29.5 Å². The second kappa shape index (κ2) is 4.97. The zero-order valence-corrected chi connectivity index (χ0v) is 11.4. The van der Waals surface area contributed by atoms with Crippen LogP contribution in [-0.4, -0.2) is 35.6 Å². The van der Waals surface area contributed by atoms with E-state index >= 15 is 0 Å². The van der Waals surface area contributed by atoms with Gasteiger partial charge in [-0.2, -0.15) is 0 Å². The van der Waals surface area contributed by atoms with Crippen molar-refractivity contribution in [2.24, 2.45) is 5.92 Å². The monoisotopic (exact) mass is 239 g/mol. The minimum atomic E-state index is -0.349. The maximum atomic E-state index is 11.7. The van der Waals surface area contributed by atoms with Crippen LogP contribution < -0.4 is 0 Å². The molecule has 0 aromatic carbocycles. The van der Waals surface area contributed by atoms with E-state index in [9.17, 15) is 4.79 Å². The van der Waals surface area contributed by atoms with Crippen LogP contribution in [0, 0.1) is 5.92 Å². The van der Waals surface area contributed by atoms with Crippen molar-refractivity contribution in [2.45, 2.75) is 64.5 Å². The first kappa shape index (κ1) is 12.9. The highest BCUT2D eigenvalue weighted by Gasteiger charge is 2.33. The normalized spacial score (nSPS) is 20.7. The van der Waals surface area contributed by atoms with E-state index in [-0.39, 0.29) is 11.6 Å². The third-order valence-electron chi connectivity index (χ3n) is 3.28. The molecule has 2 aliphatic carbocycles. The highest BCUT2D eigenvalue weighted by Crippen LogP contribution is 2.34. The van der Waals surface area contributed by atoms with Crippen LogP contribution in [0.25, 0.3) is 0 Å². The van der Waals surface area contributed by atoms with Crippen LogP contribution in [0.3, 0.4) is 0 Å². The predicted molar refractivity (Wildman–Crippen MR) is 67.8 cm³/mol. The van der Waals surface area contributed by atoms with E-state index in [1.807, 2.05) is 20.8 Å². The fourth-order valence-electron chi connectivity index (χ4n) is 2.12. The number of ether oxygens (including phenoxy) is 1. The molecule has 0 N–H and O–H groups in total. The maximum Gasteiger partial charge on any atom is 0.307 e. The molecule has 2 rings (SSSR count). The fourth-order valence-corrected chi connectivity index (χ4v) is 2.12. The molecule has 0 amide bonds. The molecule has 0 spiro atoms. The number of hydrogen-bond donors (Lipinski definition) is 0. The summed E-state index contributed by atoms with van der Waals surface area (Å²) in [7, 11) is 0. The number of nitrogens with zero attached hydrogens (tertiary/aromatic N) is 1. The fraction of sp³-hybridized carbons (Fsp3) is 0.929. The molecule has 98 valence electrons. The zero-order chi connectivity index (χ0) is 12.5. The molecular weight excluding hydrogens is 214 g/mol. The van der Waals surface area contributed by atoms with Gasteiger partial charge >= 0.3 is 5.97 Å². The van der Waals surface area contributed by atoms with E-state index in [0.717, 1.165) is 18.5 Å². The lowest BCUT2D eigenvalue weighted by Crippen LogP contribution is -2.32. The first-order valence-corrected chi connectivity index (χ1v) is 6.90. The zero-order valence-electron chi connectivity index (χ0n) is 11.4. The van der Waals surface area contributed by atoms with E-state index in [1.54, 1.807) is 0 Å². The van der Waals surface area contributed by atoms with E-state index in [4.69, 9.17) is 4.74 Å². The summed E-state index contributed by atoms with van der Waals surface area (Å²) >= 11 is 0. The summed E-state index contributed by atoms with van der Waals surface area (Å²) in [5.74, 6) is 0.855. The smallest absolute Gasteiger partial charge is 0.307 e. The number of carbonyl (C=O) groups excluding carboxylic acids is 1. The van der Waals surface area contributed by atoms with Gasteiger partial charge in [-0.1, -0.05) is 0 Å². The summed E-state index contributed by atoms with van der Waals surface area (Å²) in [5.41, 5.74) is -0.349. The third-order valence-corrected chi connectivity index (χ3v) is 3.28. The van der Waals surface area contributed by atoms with Crippen LogP contribution in [0.1, 0.15) is 52.9 Å². The standard InChI is InChI=1S/C14H25NO2/c1-14(2,3)17-13(16)8-9-15(12-6-7-12)10-11-4-5-11/h11-12H,4-10H2,1-3H3. The van der Waals surface area contributed by atoms with Crippen LogP contribution in [0.4, 0.5) is 0 Å². The second-order valence-electron chi connectivity index (χ2n) is 6.51. The molecule has 17 heavy (non-hydrogen) atoms. The highest BCUT2D eigenvalue weighted by molar-refractivity contribution is 5.70. The molecule has 0 saturated heterocycles. The minimum absolute atomic E-state index is 0.0565. The number of rotatable bonds is 6. The van der Waals surface area contributed by atoms with Gasteiger partial charge in [-0.05, 0) is 52.4 Å². The van der Waals surface area contributed by atoms with Gasteiger partial charge in [0.15, 0.2) is 0 Å². The van der Waals surface area contributed by atoms with Crippen molar-refractivity contribution < 1.29 is 9.53 Å². The third kappa shape index (κ3) is 5.07. The Kier molecular flexibility index (Phi) is 3.76. The van der Waals surface area contributed by atoms with Crippen molar-refractivity contribution in [1.82, 2.24) is 4.90 Å². The van der Waals surface area contributed by atoms with Crippen molar-refractivity contribution in [3.8, 4) is 0 Å². The molecule has 0 unspecified atom stereocenters. The predicted octanol–water partition coefficient (Wildman–Crippen LogP) is 2.59. The quantitative estimate of drug-likeness (QED) is 0.667. The summed E-state index contributed by atoms with van der Waals surface area (Å²) in [6.07, 6.45) is 5.95. The van der Waals surface area contributed by atoms with Crippen molar-refractivity contribution in [2.75, 3.05) is 13.1 Å². The van der Waals surface area contributed by atoms with Gasteiger partial charge in [0.25, 0.3) is 0 Å². The minimum Gasteiger partial charge on any atom is -0.460 e. The molecule has 0 radical (unpaired) electrons. The second-order valence-corrected chi connectivity index (χ2v) is 6.51. The van der Waals surface area contributed by atoms with Crippen LogP contribution in [0.2, 0.25) is 0 Å². The van der Waals surface area contributed by atoms with Gasteiger partial charge in [-0.25, -0.2) is 0 Å². The molecule has 0 bridgehead atoms. The first-order valence-electron chi connectivity index (χ1n) is 6.90. The summed E-state index contributed by atoms with van der Waals surface area (Å²) in [5, 5.41) is 0. The largest absolute Gasteiger partial charge is 0.460 e. The summed E-state index contributed by atoms with van der Waals surface area (Å²) < 4.78 is 5.34. The molecule has 0 aromatic rings. The lowest BCUT2D eigenvalue weighted by atomic mass is 10.2. The van der Waals surface area contributed by atoms with Crippen LogP contribution in [0.5, 0.6) is 0 Å². The molecule has 3 heteroatoms. The first-order chi connectivity index (χ1) is 7.94. The van der Waals surface area contributed by atoms with Gasteiger partial charge in [0.1, 0.15) is 5.60 Å². The Balaban J connectivity index is 1.69. The number of esters is 1. The molecule has 0 atom stereocenters. The Morgan fingerprint density at radius 3 is 2.35 bits per heavy atom. The average molecular weight is 239 g/mol. The number of hydrogen-bond acceptors (Lipinski definition) is 3.